The maximum atomic E-state index is 12.9. The standard InChI is InChI=1S/C21H32N2O5S/c1-13(2)10-16(17(29)11-18(24)25)20(26)23-19(21(27)22-4)14(3)28-12-15-8-6-5-7-9-15/h5-9,13-14,16-17,19,29H,10-12H2,1-4H3,(H,22,27)(H,23,26)(H,24,25). The van der Waals surface area contributed by atoms with Crippen LogP contribution in [0.25, 0.3) is 0 Å². The number of rotatable bonds is 12. The molecule has 1 aromatic rings. The highest BCUT2D eigenvalue weighted by Crippen LogP contribution is 2.23. The summed E-state index contributed by atoms with van der Waals surface area (Å²) in [4.78, 5) is 36.4. The fourth-order valence-corrected chi connectivity index (χ4v) is 3.39. The van der Waals surface area contributed by atoms with Crippen LogP contribution in [0.1, 0.15) is 39.2 Å². The van der Waals surface area contributed by atoms with Gasteiger partial charge in [0.15, 0.2) is 0 Å². The van der Waals surface area contributed by atoms with E-state index in [2.05, 4.69) is 23.3 Å². The Morgan fingerprint density at radius 2 is 1.72 bits per heavy atom. The monoisotopic (exact) mass is 424 g/mol. The quantitative estimate of drug-likeness (QED) is 0.385. The molecule has 0 aromatic heterocycles. The summed E-state index contributed by atoms with van der Waals surface area (Å²) >= 11 is 4.34. The molecule has 0 aliphatic carbocycles. The zero-order valence-electron chi connectivity index (χ0n) is 17.4. The van der Waals surface area contributed by atoms with E-state index in [1.165, 1.54) is 7.05 Å². The van der Waals surface area contributed by atoms with E-state index in [0.29, 0.717) is 13.0 Å². The Morgan fingerprint density at radius 1 is 1.10 bits per heavy atom. The van der Waals surface area contributed by atoms with E-state index in [9.17, 15) is 14.4 Å². The van der Waals surface area contributed by atoms with Crippen LogP contribution in [0.2, 0.25) is 0 Å². The van der Waals surface area contributed by atoms with Gasteiger partial charge in [0.05, 0.1) is 25.0 Å². The number of thiol groups is 1. The summed E-state index contributed by atoms with van der Waals surface area (Å²) in [5.74, 6) is -2.27. The van der Waals surface area contributed by atoms with E-state index in [-0.39, 0.29) is 18.2 Å². The maximum Gasteiger partial charge on any atom is 0.304 e. The largest absolute Gasteiger partial charge is 0.481 e. The molecule has 0 heterocycles. The maximum absolute atomic E-state index is 12.9. The topological polar surface area (TPSA) is 105 Å². The zero-order valence-corrected chi connectivity index (χ0v) is 18.3. The van der Waals surface area contributed by atoms with Crippen molar-refractivity contribution in [3.05, 3.63) is 35.9 Å². The minimum atomic E-state index is -1.02. The molecule has 0 aliphatic heterocycles. The van der Waals surface area contributed by atoms with E-state index in [4.69, 9.17) is 9.84 Å². The molecular formula is C21H32N2O5S. The highest BCUT2D eigenvalue weighted by molar-refractivity contribution is 7.81. The second-order valence-electron chi connectivity index (χ2n) is 7.50. The highest BCUT2D eigenvalue weighted by atomic mass is 32.1. The van der Waals surface area contributed by atoms with E-state index in [1.807, 2.05) is 44.2 Å². The Kier molecular flexibility index (Phi) is 10.8. The first-order chi connectivity index (χ1) is 13.6. The van der Waals surface area contributed by atoms with Crippen LogP contribution in [0.4, 0.5) is 0 Å². The van der Waals surface area contributed by atoms with Crippen molar-refractivity contribution in [2.45, 2.75) is 57.6 Å². The lowest BCUT2D eigenvalue weighted by Gasteiger charge is -2.28. The molecule has 2 amide bonds. The molecule has 0 fully saturated rings. The van der Waals surface area contributed by atoms with E-state index in [0.717, 1.165) is 5.56 Å². The summed E-state index contributed by atoms with van der Waals surface area (Å²) in [7, 11) is 1.49. The summed E-state index contributed by atoms with van der Waals surface area (Å²) in [6.07, 6.45) is -0.359. The Hall–Kier alpha value is -2.06. The average molecular weight is 425 g/mol. The third kappa shape index (κ3) is 8.87. The average Bonchev–Trinajstić information content (AvgIpc) is 2.67. The Balaban J connectivity index is 2.88. The van der Waals surface area contributed by atoms with Crippen molar-refractivity contribution in [2.75, 3.05) is 7.05 Å². The highest BCUT2D eigenvalue weighted by Gasteiger charge is 2.33. The van der Waals surface area contributed by atoms with Crippen LogP contribution in [0.5, 0.6) is 0 Å². The van der Waals surface area contributed by atoms with Gasteiger partial charge in [-0.15, -0.1) is 0 Å². The second kappa shape index (κ2) is 12.5. The summed E-state index contributed by atoms with van der Waals surface area (Å²) < 4.78 is 5.81. The van der Waals surface area contributed by atoms with Gasteiger partial charge in [0.1, 0.15) is 6.04 Å². The predicted octanol–water partition coefficient (Wildman–Crippen LogP) is 2.26. The van der Waals surface area contributed by atoms with Gasteiger partial charge in [-0.25, -0.2) is 0 Å². The molecule has 29 heavy (non-hydrogen) atoms. The fraction of sp³-hybridized carbons (Fsp3) is 0.571. The fourth-order valence-electron chi connectivity index (χ4n) is 2.98. The SMILES string of the molecule is CNC(=O)C(NC(=O)C(CC(C)C)C(S)CC(=O)O)C(C)OCc1ccccc1. The van der Waals surface area contributed by atoms with Crippen LogP contribution in [-0.4, -0.2) is 47.3 Å². The molecule has 0 saturated carbocycles. The number of amides is 2. The van der Waals surface area contributed by atoms with Crippen molar-refractivity contribution in [3.8, 4) is 0 Å². The molecule has 4 atom stereocenters. The van der Waals surface area contributed by atoms with Crippen molar-refractivity contribution < 1.29 is 24.2 Å². The predicted molar refractivity (Wildman–Crippen MR) is 115 cm³/mol. The number of carbonyl (C=O) groups excluding carboxylic acids is 2. The lowest BCUT2D eigenvalue weighted by Crippen LogP contribution is -2.54. The Bertz CT molecular complexity index is 668. The smallest absolute Gasteiger partial charge is 0.304 e. The van der Waals surface area contributed by atoms with Gasteiger partial charge >= 0.3 is 5.97 Å². The molecule has 3 N–H and O–H groups in total. The molecule has 0 radical (unpaired) electrons. The molecular weight excluding hydrogens is 392 g/mol. The summed E-state index contributed by atoms with van der Waals surface area (Å²) in [5, 5.41) is 13.7. The van der Waals surface area contributed by atoms with Gasteiger partial charge in [0.2, 0.25) is 11.8 Å². The number of carboxylic acid groups (broad SMARTS) is 1. The molecule has 0 spiro atoms. The molecule has 0 bridgehead atoms. The summed E-state index contributed by atoms with van der Waals surface area (Å²) in [6, 6.07) is 8.61. The molecule has 162 valence electrons. The lowest BCUT2D eigenvalue weighted by atomic mass is 9.91. The van der Waals surface area contributed by atoms with Gasteiger partial charge in [-0.1, -0.05) is 44.2 Å². The van der Waals surface area contributed by atoms with Crippen molar-refractivity contribution in [2.24, 2.45) is 11.8 Å². The first-order valence-corrected chi connectivity index (χ1v) is 10.2. The number of benzene rings is 1. The van der Waals surface area contributed by atoms with Gasteiger partial charge in [-0.05, 0) is 24.8 Å². The van der Waals surface area contributed by atoms with E-state index in [1.54, 1.807) is 6.92 Å². The zero-order chi connectivity index (χ0) is 22.0. The molecule has 4 unspecified atom stereocenters. The van der Waals surface area contributed by atoms with Gasteiger partial charge in [0.25, 0.3) is 0 Å². The minimum Gasteiger partial charge on any atom is -0.481 e. The first-order valence-electron chi connectivity index (χ1n) is 9.73. The van der Waals surface area contributed by atoms with Gasteiger partial charge in [0, 0.05) is 12.3 Å². The van der Waals surface area contributed by atoms with Crippen LogP contribution in [0.3, 0.4) is 0 Å². The second-order valence-corrected chi connectivity index (χ2v) is 8.17. The van der Waals surface area contributed by atoms with Crippen LogP contribution in [-0.2, 0) is 25.7 Å². The molecule has 0 aliphatic rings. The Morgan fingerprint density at radius 3 is 2.24 bits per heavy atom. The Labute approximate surface area is 178 Å². The third-order valence-electron chi connectivity index (χ3n) is 4.56. The molecule has 7 nitrogen and oxygen atoms in total. The number of likely N-dealkylation sites (N-methyl/N-ethyl adjacent to an activating group) is 1. The number of hydrogen-bond donors (Lipinski definition) is 4. The van der Waals surface area contributed by atoms with Crippen LogP contribution >= 0.6 is 12.6 Å². The first kappa shape index (κ1) is 25.0. The van der Waals surface area contributed by atoms with Crippen LogP contribution in [0, 0.1) is 11.8 Å². The molecule has 1 aromatic carbocycles. The number of nitrogens with one attached hydrogen (secondary N) is 2. The lowest BCUT2D eigenvalue weighted by molar-refractivity contribution is -0.138. The van der Waals surface area contributed by atoms with E-state index >= 15 is 0 Å². The van der Waals surface area contributed by atoms with Crippen molar-refractivity contribution in [3.63, 3.8) is 0 Å². The minimum absolute atomic E-state index is 0.166. The van der Waals surface area contributed by atoms with Crippen molar-refractivity contribution in [1.82, 2.24) is 10.6 Å². The summed E-state index contributed by atoms with van der Waals surface area (Å²) in [6.45, 7) is 5.91. The number of hydrogen-bond acceptors (Lipinski definition) is 5. The molecule has 8 heteroatoms. The van der Waals surface area contributed by atoms with Gasteiger partial charge in [-0.3, -0.25) is 14.4 Å². The number of ether oxygens (including phenoxy) is 1. The summed E-state index contributed by atoms with van der Waals surface area (Å²) in [5.41, 5.74) is 0.955. The normalized spacial score (nSPS) is 15.2. The van der Waals surface area contributed by atoms with Crippen LogP contribution in [0.15, 0.2) is 30.3 Å². The molecule has 1 rings (SSSR count). The molecule has 0 saturated heterocycles. The van der Waals surface area contributed by atoms with Crippen molar-refractivity contribution >= 4 is 30.4 Å². The van der Waals surface area contributed by atoms with Crippen LogP contribution < -0.4 is 10.6 Å². The van der Waals surface area contributed by atoms with Gasteiger partial charge < -0.3 is 20.5 Å². The van der Waals surface area contributed by atoms with Gasteiger partial charge in [-0.2, -0.15) is 12.6 Å². The third-order valence-corrected chi connectivity index (χ3v) is 5.10. The van der Waals surface area contributed by atoms with E-state index < -0.39 is 35.2 Å². The number of carboxylic acids is 1. The van der Waals surface area contributed by atoms with Crippen molar-refractivity contribution in [1.29, 1.82) is 0 Å². The number of carbonyl (C=O) groups is 3. The number of aliphatic carboxylic acids is 1.